The first-order valence-electron chi connectivity index (χ1n) is 7.25. The molecule has 0 saturated heterocycles. The fourth-order valence-corrected chi connectivity index (χ4v) is 1.87. The van der Waals surface area contributed by atoms with E-state index in [0.29, 0.717) is 25.2 Å². The molecule has 3 N–H and O–H groups in total. The summed E-state index contributed by atoms with van der Waals surface area (Å²) < 4.78 is 0. The molecular formula is C16H26ClN3O2. The Morgan fingerprint density at radius 3 is 2.05 bits per heavy atom. The molecule has 0 saturated carbocycles. The third-order valence-electron chi connectivity index (χ3n) is 3.29. The van der Waals surface area contributed by atoms with Crippen LogP contribution in [0.5, 0.6) is 0 Å². The number of nitrogens with one attached hydrogen (secondary N) is 1. The number of halogens is 1. The van der Waals surface area contributed by atoms with E-state index in [-0.39, 0.29) is 24.2 Å². The van der Waals surface area contributed by atoms with Gasteiger partial charge in [-0.05, 0) is 45.4 Å². The summed E-state index contributed by atoms with van der Waals surface area (Å²) in [6.45, 7) is 9.03. The second-order valence-electron chi connectivity index (χ2n) is 5.58. The summed E-state index contributed by atoms with van der Waals surface area (Å²) in [6.07, 6.45) is 0. The molecular weight excluding hydrogens is 302 g/mol. The lowest BCUT2D eigenvalue weighted by atomic mass is 10.1. The molecule has 0 heterocycles. The molecule has 1 aromatic carbocycles. The topological polar surface area (TPSA) is 75.4 Å². The van der Waals surface area contributed by atoms with Crippen LogP contribution in [0, 0.1) is 0 Å². The van der Waals surface area contributed by atoms with E-state index in [9.17, 15) is 9.59 Å². The summed E-state index contributed by atoms with van der Waals surface area (Å²) in [5.74, 6) is -0.176. The molecule has 124 valence electrons. The highest BCUT2D eigenvalue weighted by Gasteiger charge is 2.21. The van der Waals surface area contributed by atoms with Crippen molar-refractivity contribution >= 4 is 24.2 Å². The highest BCUT2D eigenvalue weighted by atomic mass is 35.5. The molecule has 0 atom stereocenters. The van der Waals surface area contributed by atoms with Gasteiger partial charge in [0.1, 0.15) is 0 Å². The number of hydrogen-bond acceptors (Lipinski definition) is 3. The van der Waals surface area contributed by atoms with Gasteiger partial charge in [0.2, 0.25) is 5.91 Å². The second kappa shape index (κ2) is 8.76. The summed E-state index contributed by atoms with van der Waals surface area (Å²) in [6, 6.07) is 7.27. The first-order chi connectivity index (χ1) is 9.79. The molecule has 1 aromatic rings. The molecule has 0 unspecified atom stereocenters. The summed E-state index contributed by atoms with van der Waals surface area (Å²) in [4.78, 5) is 25.6. The largest absolute Gasteiger partial charge is 0.350 e. The van der Waals surface area contributed by atoms with Crippen molar-refractivity contribution in [1.82, 2.24) is 10.2 Å². The highest BCUT2D eigenvalue weighted by molar-refractivity contribution is 5.94. The van der Waals surface area contributed by atoms with Crippen molar-refractivity contribution in [2.45, 2.75) is 39.8 Å². The zero-order chi connectivity index (χ0) is 16.0. The molecule has 0 fully saturated rings. The maximum atomic E-state index is 12.2. The van der Waals surface area contributed by atoms with Crippen LogP contribution in [0.25, 0.3) is 0 Å². The van der Waals surface area contributed by atoms with Crippen LogP contribution in [0.2, 0.25) is 0 Å². The van der Waals surface area contributed by atoms with Crippen LogP contribution >= 0.6 is 12.4 Å². The standard InChI is InChI=1S/C16H25N3O2.ClH/c1-5-19(6-2)14(20)13-9-7-12(8-10-13)11-18-15(21)16(3,4)17;/h7-10H,5-6,11,17H2,1-4H3,(H,18,21);1H. The number of benzene rings is 1. The van der Waals surface area contributed by atoms with Gasteiger partial charge in [0.25, 0.3) is 5.91 Å². The number of amides is 2. The Morgan fingerprint density at radius 2 is 1.64 bits per heavy atom. The molecule has 6 heteroatoms. The zero-order valence-corrected chi connectivity index (χ0v) is 14.5. The van der Waals surface area contributed by atoms with E-state index in [1.165, 1.54) is 0 Å². The summed E-state index contributed by atoms with van der Waals surface area (Å²) >= 11 is 0. The van der Waals surface area contributed by atoms with Crippen LogP contribution < -0.4 is 11.1 Å². The first-order valence-corrected chi connectivity index (χ1v) is 7.25. The van der Waals surface area contributed by atoms with Crippen LogP contribution in [0.15, 0.2) is 24.3 Å². The van der Waals surface area contributed by atoms with Gasteiger partial charge >= 0.3 is 0 Å². The van der Waals surface area contributed by atoms with Gasteiger partial charge in [0.15, 0.2) is 0 Å². The van der Waals surface area contributed by atoms with Gasteiger partial charge in [-0.3, -0.25) is 9.59 Å². The van der Waals surface area contributed by atoms with Crippen molar-refractivity contribution in [3.63, 3.8) is 0 Å². The van der Waals surface area contributed by atoms with E-state index in [1.54, 1.807) is 30.9 Å². The minimum atomic E-state index is -0.890. The minimum Gasteiger partial charge on any atom is -0.350 e. The number of carbonyl (C=O) groups is 2. The van der Waals surface area contributed by atoms with Gasteiger partial charge in [0, 0.05) is 25.2 Å². The third kappa shape index (κ3) is 5.66. The molecule has 5 nitrogen and oxygen atoms in total. The predicted octanol–water partition coefficient (Wildman–Crippen LogP) is 1.94. The summed E-state index contributed by atoms with van der Waals surface area (Å²) in [5, 5.41) is 2.77. The number of rotatable bonds is 6. The Bertz CT molecular complexity index is 491. The lowest BCUT2D eigenvalue weighted by molar-refractivity contribution is -0.125. The van der Waals surface area contributed by atoms with E-state index < -0.39 is 5.54 Å². The van der Waals surface area contributed by atoms with Crippen molar-refractivity contribution in [2.75, 3.05) is 13.1 Å². The molecule has 0 aromatic heterocycles. The molecule has 1 rings (SSSR count). The van der Waals surface area contributed by atoms with Gasteiger partial charge in [-0.2, -0.15) is 0 Å². The average Bonchev–Trinajstić information content (AvgIpc) is 2.45. The number of nitrogens with zero attached hydrogens (tertiary/aromatic N) is 1. The lowest BCUT2D eigenvalue weighted by Gasteiger charge is -2.19. The van der Waals surface area contributed by atoms with E-state index in [4.69, 9.17) is 5.73 Å². The van der Waals surface area contributed by atoms with Gasteiger partial charge in [-0.1, -0.05) is 12.1 Å². The Balaban J connectivity index is 0.00000441. The normalized spacial score (nSPS) is 10.6. The molecule has 22 heavy (non-hydrogen) atoms. The van der Waals surface area contributed by atoms with Gasteiger partial charge in [-0.25, -0.2) is 0 Å². The summed E-state index contributed by atoms with van der Waals surface area (Å²) in [7, 11) is 0. The number of carbonyl (C=O) groups excluding carboxylic acids is 2. The Morgan fingerprint density at radius 1 is 1.14 bits per heavy atom. The maximum absolute atomic E-state index is 12.2. The van der Waals surface area contributed by atoms with E-state index in [2.05, 4.69) is 5.32 Å². The van der Waals surface area contributed by atoms with E-state index >= 15 is 0 Å². The van der Waals surface area contributed by atoms with Crippen LogP contribution in [0.1, 0.15) is 43.6 Å². The second-order valence-corrected chi connectivity index (χ2v) is 5.58. The monoisotopic (exact) mass is 327 g/mol. The fraction of sp³-hybridized carbons (Fsp3) is 0.500. The molecule has 0 bridgehead atoms. The van der Waals surface area contributed by atoms with Crippen LogP contribution in [-0.4, -0.2) is 35.3 Å². The highest BCUT2D eigenvalue weighted by Crippen LogP contribution is 2.08. The zero-order valence-electron chi connectivity index (χ0n) is 13.7. The van der Waals surface area contributed by atoms with Gasteiger partial charge in [0.05, 0.1) is 5.54 Å². The lowest BCUT2D eigenvalue weighted by Crippen LogP contribution is -2.48. The van der Waals surface area contributed by atoms with Crippen LogP contribution in [-0.2, 0) is 11.3 Å². The van der Waals surface area contributed by atoms with E-state index in [1.807, 2.05) is 26.0 Å². The van der Waals surface area contributed by atoms with E-state index in [0.717, 1.165) is 5.56 Å². The smallest absolute Gasteiger partial charge is 0.253 e. The minimum absolute atomic E-state index is 0. The number of hydrogen-bond donors (Lipinski definition) is 2. The van der Waals surface area contributed by atoms with Crippen molar-refractivity contribution in [1.29, 1.82) is 0 Å². The predicted molar refractivity (Wildman–Crippen MR) is 91.1 cm³/mol. The molecule has 2 amide bonds. The van der Waals surface area contributed by atoms with Crippen molar-refractivity contribution < 1.29 is 9.59 Å². The quantitative estimate of drug-likeness (QED) is 0.838. The van der Waals surface area contributed by atoms with Crippen molar-refractivity contribution in [3.8, 4) is 0 Å². The third-order valence-corrected chi connectivity index (χ3v) is 3.29. The van der Waals surface area contributed by atoms with Gasteiger partial charge < -0.3 is 16.0 Å². The van der Waals surface area contributed by atoms with Gasteiger partial charge in [-0.15, -0.1) is 12.4 Å². The molecule has 0 aliphatic rings. The Hall–Kier alpha value is -1.59. The number of nitrogens with two attached hydrogens (primary N) is 1. The molecule has 0 spiro atoms. The molecule has 0 aliphatic heterocycles. The van der Waals surface area contributed by atoms with Crippen molar-refractivity contribution in [2.24, 2.45) is 5.73 Å². The maximum Gasteiger partial charge on any atom is 0.253 e. The average molecular weight is 328 g/mol. The van der Waals surface area contributed by atoms with Crippen LogP contribution in [0.3, 0.4) is 0 Å². The SMILES string of the molecule is CCN(CC)C(=O)c1ccc(CNC(=O)C(C)(C)N)cc1.Cl. The Labute approximate surface area is 138 Å². The Kier molecular flexibility index (Phi) is 8.12. The molecule has 0 aliphatic carbocycles. The fourth-order valence-electron chi connectivity index (χ4n) is 1.87. The molecule has 0 radical (unpaired) electrons. The first kappa shape index (κ1) is 20.4. The summed E-state index contributed by atoms with van der Waals surface area (Å²) in [5.41, 5.74) is 6.41. The van der Waals surface area contributed by atoms with Crippen molar-refractivity contribution in [3.05, 3.63) is 35.4 Å². The van der Waals surface area contributed by atoms with Crippen LogP contribution in [0.4, 0.5) is 0 Å².